The molecule has 0 aromatic carbocycles. The summed E-state index contributed by atoms with van der Waals surface area (Å²) in [4.78, 5) is 0. The number of hydrogen-bond donors (Lipinski definition) is 1. The van der Waals surface area contributed by atoms with E-state index >= 15 is 0 Å². The molecular weight excluding hydrogens is 190 g/mol. The molecule has 2 heteroatoms. The molecule has 1 N–H and O–H groups in total. The predicted molar refractivity (Wildman–Crippen MR) is 64.8 cm³/mol. The van der Waals surface area contributed by atoms with E-state index in [1.54, 1.807) is 0 Å². The van der Waals surface area contributed by atoms with Gasteiger partial charge in [0.25, 0.3) is 0 Å². The van der Waals surface area contributed by atoms with Crippen LogP contribution in [0.4, 0.5) is 0 Å². The van der Waals surface area contributed by atoms with Gasteiger partial charge >= 0.3 is 0 Å². The summed E-state index contributed by atoms with van der Waals surface area (Å²) >= 11 is 2.10. The van der Waals surface area contributed by atoms with Crippen molar-refractivity contribution in [3.8, 4) is 0 Å². The van der Waals surface area contributed by atoms with Gasteiger partial charge in [0.05, 0.1) is 0 Å². The van der Waals surface area contributed by atoms with Crippen LogP contribution in [0.5, 0.6) is 0 Å². The molecule has 82 valence electrons. The van der Waals surface area contributed by atoms with Crippen LogP contribution in [0.15, 0.2) is 0 Å². The van der Waals surface area contributed by atoms with Crippen LogP contribution in [0.2, 0.25) is 0 Å². The predicted octanol–water partition coefficient (Wildman–Crippen LogP) is 2.76. The molecule has 2 aliphatic rings. The first kappa shape index (κ1) is 10.8. The maximum Gasteiger partial charge on any atom is 0.0194 e. The molecule has 1 saturated heterocycles. The van der Waals surface area contributed by atoms with Crippen LogP contribution in [0.25, 0.3) is 0 Å². The van der Waals surface area contributed by atoms with Gasteiger partial charge in [-0.15, -0.1) is 0 Å². The summed E-state index contributed by atoms with van der Waals surface area (Å²) in [7, 11) is 0. The van der Waals surface area contributed by atoms with Gasteiger partial charge in [-0.25, -0.2) is 0 Å². The van der Waals surface area contributed by atoms with Crippen LogP contribution < -0.4 is 5.32 Å². The molecular formula is C12H23NS. The molecule has 1 saturated carbocycles. The lowest BCUT2D eigenvalue weighted by Gasteiger charge is -2.18. The highest BCUT2D eigenvalue weighted by Crippen LogP contribution is 2.63. The van der Waals surface area contributed by atoms with E-state index in [1.165, 1.54) is 11.5 Å². The summed E-state index contributed by atoms with van der Waals surface area (Å²) in [6.45, 7) is 11.9. The molecule has 0 aromatic rings. The molecule has 2 rings (SSSR count). The minimum absolute atomic E-state index is 0.486. The smallest absolute Gasteiger partial charge is 0.0194 e. The van der Waals surface area contributed by atoms with Gasteiger partial charge in [-0.2, -0.15) is 11.8 Å². The van der Waals surface area contributed by atoms with Gasteiger partial charge in [0, 0.05) is 17.8 Å². The van der Waals surface area contributed by atoms with Gasteiger partial charge < -0.3 is 5.32 Å². The molecule has 2 atom stereocenters. The van der Waals surface area contributed by atoms with Crippen molar-refractivity contribution in [3.63, 3.8) is 0 Å². The maximum absolute atomic E-state index is 3.86. The summed E-state index contributed by atoms with van der Waals surface area (Å²) in [5.41, 5.74) is 0.972. The SMILES string of the molecule is CC1CSCC1NC1C(C)(C)C1(C)C. The van der Waals surface area contributed by atoms with Gasteiger partial charge in [-0.1, -0.05) is 34.6 Å². The number of nitrogens with one attached hydrogen (secondary N) is 1. The first-order valence-corrected chi connectivity index (χ1v) is 6.86. The molecule has 0 spiro atoms. The van der Waals surface area contributed by atoms with Crippen LogP contribution in [0, 0.1) is 16.7 Å². The Balaban J connectivity index is 1.94. The quantitative estimate of drug-likeness (QED) is 0.757. The van der Waals surface area contributed by atoms with Crippen LogP contribution in [-0.4, -0.2) is 23.6 Å². The van der Waals surface area contributed by atoms with Crippen LogP contribution in [0.1, 0.15) is 34.6 Å². The van der Waals surface area contributed by atoms with Crippen molar-refractivity contribution in [2.24, 2.45) is 16.7 Å². The Morgan fingerprint density at radius 1 is 1.07 bits per heavy atom. The zero-order chi connectivity index (χ0) is 10.6. The Morgan fingerprint density at radius 2 is 1.64 bits per heavy atom. The molecule has 2 unspecified atom stereocenters. The fraction of sp³-hybridized carbons (Fsp3) is 1.00. The monoisotopic (exact) mass is 213 g/mol. The van der Waals surface area contributed by atoms with E-state index in [1.807, 2.05) is 0 Å². The molecule has 1 aliphatic carbocycles. The van der Waals surface area contributed by atoms with Crippen molar-refractivity contribution < 1.29 is 0 Å². The normalized spacial score (nSPS) is 40.1. The fourth-order valence-electron chi connectivity index (χ4n) is 2.70. The first-order valence-electron chi connectivity index (χ1n) is 5.71. The molecule has 1 heterocycles. The average molecular weight is 213 g/mol. The van der Waals surface area contributed by atoms with E-state index in [0.29, 0.717) is 10.8 Å². The molecule has 0 bridgehead atoms. The van der Waals surface area contributed by atoms with Gasteiger partial charge in [-0.05, 0) is 22.5 Å². The Bertz CT molecular complexity index is 220. The third-order valence-corrected chi connectivity index (χ3v) is 6.12. The van der Waals surface area contributed by atoms with Crippen molar-refractivity contribution in [3.05, 3.63) is 0 Å². The summed E-state index contributed by atoms with van der Waals surface area (Å²) < 4.78 is 0. The van der Waals surface area contributed by atoms with Gasteiger partial charge in [0.2, 0.25) is 0 Å². The van der Waals surface area contributed by atoms with Crippen molar-refractivity contribution in [1.29, 1.82) is 0 Å². The molecule has 14 heavy (non-hydrogen) atoms. The maximum atomic E-state index is 3.86. The molecule has 0 amide bonds. The van der Waals surface area contributed by atoms with Crippen LogP contribution >= 0.6 is 11.8 Å². The average Bonchev–Trinajstić information content (AvgIpc) is 2.46. The first-order chi connectivity index (χ1) is 6.37. The standard InChI is InChI=1S/C12H23NS/c1-8-6-14-7-9(8)13-10-11(2,3)12(10,4)5/h8-10,13H,6-7H2,1-5H3. The van der Waals surface area contributed by atoms with Crippen molar-refractivity contribution >= 4 is 11.8 Å². The molecule has 0 aromatic heterocycles. The van der Waals surface area contributed by atoms with E-state index < -0.39 is 0 Å². The molecule has 0 radical (unpaired) electrons. The topological polar surface area (TPSA) is 12.0 Å². The lowest BCUT2D eigenvalue weighted by Crippen LogP contribution is -2.38. The van der Waals surface area contributed by atoms with Crippen LogP contribution in [-0.2, 0) is 0 Å². The highest BCUT2D eigenvalue weighted by atomic mass is 32.2. The Morgan fingerprint density at radius 3 is 2.00 bits per heavy atom. The van der Waals surface area contributed by atoms with Crippen LogP contribution in [0.3, 0.4) is 0 Å². The minimum atomic E-state index is 0.486. The fourth-order valence-corrected chi connectivity index (χ4v) is 4.12. The molecule has 2 fully saturated rings. The lowest BCUT2D eigenvalue weighted by molar-refractivity contribution is 0.417. The lowest BCUT2D eigenvalue weighted by atomic mass is 10.0. The van der Waals surface area contributed by atoms with Gasteiger partial charge in [0.15, 0.2) is 0 Å². The highest BCUT2D eigenvalue weighted by Gasteiger charge is 2.65. The minimum Gasteiger partial charge on any atom is -0.309 e. The molecule has 1 nitrogen and oxygen atoms in total. The highest BCUT2D eigenvalue weighted by molar-refractivity contribution is 7.99. The van der Waals surface area contributed by atoms with E-state index in [0.717, 1.165) is 18.0 Å². The summed E-state index contributed by atoms with van der Waals surface area (Å²) in [6, 6.07) is 1.48. The second-order valence-electron chi connectivity index (χ2n) is 6.16. The van der Waals surface area contributed by atoms with E-state index in [-0.39, 0.29) is 0 Å². The third kappa shape index (κ3) is 1.42. The van der Waals surface area contributed by atoms with Crippen molar-refractivity contribution in [2.45, 2.75) is 46.7 Å². The zero-order valence-electron chi connectivity index (χ0n) is 10.1. The van der Waals surface area contributed by atoms with Crippen molar-refractivity contribution in [2.75, 3.05) is 11.5 Å². The number of thioether (sulfide) groups is 1. The Kier molecular flexibility index (Phi) is 2.43. The Hall–Kier alpha value is 0.310. The summed E-state index contributed by atoms with van der Waals surface area (Å²) in [6.07, 6.45) is 0. The van der Waals surface area contributed by atoms with Gasteiger partial charge in [-0.3, -0.25) is 0 Å². The second-order valence-corrected chi connectivity index (χ2v) is 7.24. The zero-order valence-corrected chi connectivity index (χ0v) is 10.9. The van der Waals surface area contributed by atoms with E-state index in [4.69, 9.17) is 0 Å². The number of hydrogen-bond acceptors (Lipinski definition) is 2. The largest absolute Gasteiger partial charge is 0.309 e. The van der Waals surface area contributed by atoms with Gasteiger partial charge in [0.1, 0.15) is 0 Å². The summed E-state index contributed by atoms with van der Waals surface area (Å²) in [5.74, 6) is 3.50. The molecule has 1 aliphatic heterocycles. The summed E-state index contributed by atoms with van der Waals surface area (Å²) in [5, 5.41) is 3.86. The van der Waals surface area contributed by atoms with E-state index in [9.17, 15) is 0 Å². The number of rotatable bonds is 2. The Labute approximate surface area is 92.4 Å². The van der Waals surface area contributed by atoms with Crippen molar-refractivity contribution in [1.82, 2.24) is 5.32 Å². The van der Waals surface area contributed by atoms with E-state index in [2.05, 4.69) is 51.7 Å². The third-order valence-electron chi connectivity index (χ3n) is 4.77. The second kappa shape index (κ2) is 3.15.